The van der Waals surface area contributed by atoms with Gasteiger partial charge in [0, 0.05) is 40.2 Å². The molecule has 2 saturated carbocycles. The van der Waals surface area contributed by atoms with Gasteiger partial charge in [-0.05, 0) is 65.4 Å². The monoisotopic (exact) mass is 650 g/mol. The van der Waals surface area contributed by atoms with Crippen molar-refractivity contribution in [2.24, 2.45) is 22.7 Å². The van der Waals surface area contributed by atoms with Crippen LogP contribution in [-0.2, 0) is 47.7 Å². The van der Waals surface area contributed by atoms with E-state index in [0.29, 0.717) is 29.6 Å². The highest BCUT2D eigenvalue weighted by atomic mass is 16.6. The van der Waals surface area contributed by atoms with E-state index in [1.54, 1.807) is 6.08 Å². The Morgan fingerprint density at radius 2 is 1.36 bits per heavy atom. The lowest BCUT2D eigenvalue weighted by Crippen LogP contribution is -2.64. The van der Waals surface area contributed by atoms with Crippen molar-refractivity contribution in [1.82, 2.24) is 0 Å². The van der Waals surface area contributed by atoms with Crippen LogP contribution in [0.2, 0.25) is 0 Å². The van der Waals surface area contributed by atoms with Crippen LogP contribution in [0.5, 0.6) is 0 Å². The number of hydrogen-bond acceptors (Lipinski definition) is 10. The molecule has 2 bridgehead atoms. The summed E-state index contributed by atoms with van der Waals surface area (Å²) in [6.07, 6.45) is -0.715. The maximum absolute atomic E-state index is 13.1. The van der Waals surface area contributed by atoms with Gasteiger partial charge in [-0.25, -0.2) is 4.79 Å². The molecule has 0 amide bonds. The third kappa shape index (κ3) is 7.36. The molecular weight excluding hydrogens is 604 g/mol. The van der Waals surface area contributed by atoms with Gasteiger partial charge < -0.3 is 23.7 Å². The van der Waals surface area contributed by atoms with E-state index >= 15 is 0 Å². The van der Waals surface area contributed by atoms with Gasteiger partial charge in [0.15, 0.2) is 12.2 Å². The molecule has 3 aliphatic carbocycles. The Hall–Kier alpha value is -4.21. The molecule has 4 rings (SSSR count). The second-order valence-corrected chi connectivity index (χ2v) is 13.6. The molecular formula is C37H46O10. The lowest BCUT2D eigenvalue weighted by Gasteiger charge is -2.59. The number of carbonyl (C=O) groups excluding carboxylic acids is 5. The van der Waals surface area contributed by atoms with Gasteiger partial charge in [0.1, 0.15) is 18.3 Å². The minimum absolute atomic E-state index is 0.0447. The lowest BCUT2D eigenvalue weighted by molar-refractivity contribution is -0.212. The van der Waals surface area contributed by atoms with Crippen molar-refractivity contribution >= 4 is 35.9 Å². The van der Waals surface area contributed by atoms with Crippen LogP contribution in [0.25, 0.3) is 6.08 Å². The highest BCUT2D eigenvalue weighted by Gasteiger charge is 2.64. The van der Waals surface area contributed by atoms with E-state index < -0.39 is 77.1 Å². The standard InChI is InChI=1S/C37H46O10/c1-20-28-17-27-18-29(43-22(3)38)21(2)33(36(27,7)8)34(45-24(5)40)35(46-25(6)41)37(28,9)31(44-23(4)39)19-30(20)47-32(42)16-15-26-13-11-10-12-14-26/h10-16,27-31,34-35H,1,17-19H2,2-9H3/b16-15+/t27-,28-,29+,30+,31+,34-,35+,37+/m1/s1. The van der Waals surface area contributed by atoms with Gasteiger partial charge in [0.25, 0.3) is 0 Å². The van der Waals surface area contributed by atoms with Crippen molar-refractivity contribution in [3.05, 3.63) is 65.3 Å². The van der Waals surface area contributed by atoms with Crippen LogP contribution in [0, 0.1) is 22.7 Å². The van der Waals surface area contributed by atoms with Gasteiger partial charge in [0.2, 0.25) is 0 Å². The molecule has 8 atom stereocenters. The van der Waals surface area contributed by atoms with E-state index in [9.17, 15) is 24.0 Å². The summed E-state index contributed by atoms with van der Waals surface area (Å²) in [4.78, 5) is 63.6. The summed E-state index contributed by atoms with van der Waals surface area (Å²) in [6, 6.07) is 9.30. The van der Waals surface area contributed by atoms with E-state index in [1.165, 1.54) is 33.8 Å². The molecule has 10 heteroatoms. The summed E-state index contributed by atoms with van der Waals surface area (Å²) >= 11 is 0. The Kier molecular flexibility index (Phi) is 10.5. The normalized spacial score (nSPS) is 31.5. The van der Waals surface area contributed by atoms with Crippen LogP contribution in [0.1, 0.15) is 80.2 Å². The maximum Gasteiger partial charge on any atom is 0.331 e. The van der Waals surface area contributed by atoms with Crippen LogP contribution in [0.15, 0.2) is 59.7 Å². The van der Waals surface area contributed by atoms with Crippen LogP contribution in [-0.4, -0.2) is 60.4 Å². The van der Waals surface area contributed by atoms with Crippen LogP contribution < -0.4 is 0 Å². The number of benzene rings is 1. The first-order valence-corrected chi connectivity index (χ1v) is 16.0. The van der Waals surface area contributed by atoms with Gasteiger partial charge in [0.05, 0.1) is 5.41 Å². The van der Waals surface area contributed by atoms with Crippen molar-refractivity contribution < 1.29 is 47.7 Å². The molecule has 0 saturated heterocycles. The van der Waals surface area contributed by atoms with Crippen molar-refractivity contribution in [3.63, 3.8) is 0 Å². The fourth-order valence-corrected chi connectivity index (χ4v) is 8.02. The van der Waals surface area contributed by atoms with Crippen LogP contribution >= 0.6 is 0 Å². The molecule has 0 aliphatic heterocycles. The highest BCUT2D eigenvalue weighted by Crippen LogP contribution is 2.61. The Labute approximate surface area is 276 Å². The summed E-state index contributed by atoms with van der Waals surface area (Å²) in [5.74, 6) is -3.57. The van der Waals surface area contributed by atoms with E-state index in [-0.39, 0.29) is 12.3 Å². The van der Waals surface area contributed by atoms with Crippen LogP contribution in [0.3, 0.4) is 0 Å². The fraction of sp³-hybridized carbons (Fsp3) is 0.541. The van der Waals surface area contributed by atoms with Gasteiger partial charge in [-0.15, -0.1) is 0 Å². The molecule has 0 N–H and O–H groups in total. The zero-order valence-electron chi connectivity index (χ0n) is 28.5. The number of ether oxygens (including phenoxy) is 5. The third-order valence-corrected chi connectivity index (χ3v) is 10.2. The minimum Gasteiger partial charge on any atom is -0.462 e. The SMILES string of the molecule is C=C1[C@@H](OC(=O)/C=C/c2ccccc2)C[C@H](OC(C)=O)[C@]2(C)[C@@H]1C[C@@H]1C[C@H](OC(C)=O)C(C)=C([C@@H](OC(C)=O)[C@@H]2OC(C)=O)C1(C)C. The van der Waals surface area contributed by atoms with Crippen molar-refractivity contribution in [2.45, 2.75) is 105 Å². The van der Waals surface area contributed by atoms with Gasteiger partial charge in [-0.3, -0.25) is 19.2 Å². The number of rotatable bonds is 7. The predicted octanol–water partition coefficient (Wildman–Crippen LogP) is 5.69. The van der Waals surface area contributed by atoms with Crippen LogP contribution in [0.4, 0.5) is 0 Å². The average molecular weight is 651 g/mol. The first kappa shape index (κ1) is 35.6. The molecule has 0 unspecified atom stereocenters. The average Bonchev–Trinajstić information content (AvgIpc) is 2.96. The van der Waals surface area contributed by atoms with Crippen molar-refractivity contribution in [1.29, 1.82) is 0 Å². The number of hydrogen-bond donors (Lipinski definition) is 0. The van der Waals surface area contributed by atoms with E-state index in [1.807, 2.05) is 58.0 Å². The van der Waals surface area contributed by atoms with Gasteiger partial charge in [-0.1, -0.05) is 57.7 Å². The number of esters is 5. The smallest absolute Gasteiger partial charge is 0.331 e. The topological polar surface area (TPSA) is 132 Å². The predicted molar refractivity (Wildman–Crippen MR) is 172 cm³/mol. The van der Waals surface area contributed by atoms with Gasteiger partial charge >= 0.3 is 29.8 Å². The third-order valence-electron chi connectivity index (χ3n) is 10.2. The molecule has 0 spiro atoms. The molecule has 0 radical (unpaired) electrons. The Morgan fingerprint density at radius 3 is 1.94 bits per heavy atom. The number of fused-ring (bicyclic) bond motifs is 3. The molecule has 0 heterocycles. The summed E-state index contributed by atoms with van der Waals surface area (Å²) in [6.45, 7) is 17.4. The van der Waals surface area contributed by atoms with E-state index in [0.717, 1.165) is 5.56 Å². The van der Waals surface area contributed by atoms with Gasteiger partial charge in [-0.2, -0.15) is 0 Å². The second-order valence-electron chi connectivity index (χ2n) is 13.6. The molecule has 3 aliphatic rings. The van der Waals surface area contributed by atoms with E-state index in [2.05, 4.69) is 6.58 Å². The molecule has 254 valence electrons. The molecule has 1 aromatic rings. The summed E-state index contributed by atoms with van der Waals surface area (Å²) in [7, 11) is 0. The summed E-state index contributed by atoms with van der Waals surface area (Å²) in [5.41, 5.74) is 0.978. The van der Waals surface area contributed by atoms with E-state index in [4.69, 9.17) is 23.7 Å². The molecule has 2 fully saturated rings. The molecule has 10 nitrogen and oxygen atoms in total. The lowest BCUT2D eigenvalue weighted by atomic mass is 9.49. The highest BCUT2D eigenvalue weighted by molar-refractivity contribution is 5.87. The Balaban J connectivity index is 1.89. The van der Waals surface area contributed by atoms with Crippen molar-refractivity contribution in [3.8, 4) is 0 Å². The zero-order chi connectivity index (χ0) is 34.8. The summed E-state index contributed by atoms with van der Waals surface area (Å²) < 4.78 is 29.9. The first-order valence-electron chi connectivity index (χ1n) is 16.0. The second kappa shape index (κ2) is 13.9. The summed E-state index contributed by atoms with van der Waals surface area (Å²) in [5, 5.41) is 0. The molecule has 0 aromatic heterocycles. The largest absolute Gasteiger partial charge is 0.462 e. The Morgan fingerprint density at radius 1 is 0.766 bits per heavy atom. The molecule has 1 aromatic carbocycles. The first-order chi connectivity index (χ1) is 22.0. The maximum atomic E-state index is 13.1. The molecule has 47 heavy (non-hydrogen) atoms. The quantitative estimate of drug-likeness (QED) is 0.157. The fourth-order valence-electron chi connectivity index (χ4n) is 8.02. The minimum atomic E-state index is -1.17. The zero-order valence-corrected chi connectivity index (χ0v) is 28.5. The Bertz CT molecular complexity index is 1490. The van der Waals surface area contributed by atoms with Crippen molar-refractivity contribution in [2.75, 3.05) is 0 Å². The number of carbonyl (C=O) groups is 5.